The van der Waals surface area contributed by atoms with Gasteiger partial charge in [0.05, 0.1) is 18.0 Å². The highest BCUT2D eigenvalue weighted by Crippen LogP contribution is 2.30. The second-order valence-corrected chi connectivity index (χ2v) is 6.43. The molecule has 0 aliphatic rings. The first-order valence-corrected chi connectivity index (χ1v) is 9.01. The van der Waals surface area contributed by atoms with Gasteiger partial charge in [-0.05, 0) is 42.5 Å². The zero-order valence-electron chi connectivity index (χ0n) is 15.8. The Labute approximate surface area is 170 Å². The molecule has 0 atom stereocenters. The summed E-state index contributed by atoms with van der Waals surface area (Å²) in [4.78, 5) is 17.5. The second kappa shape index (κ2) is 7.79. The van der Waals surface area contributed by atoms with Crippen molar-refractivity contribution in [3.8, 4) is 17.2 Å². The average Bonchev–Trinajstić information content (AvgIpc) is 2.74. The largest absolute Gasteiger partial charge is 0.504 e. The molecule has 4 rings (SSSR count). The van der Waals surface area contributed by atoms with Crippen LogP contribution in [0.3, 0.4) is 0 Å². The number of methoxy groups -OCH3 is 1. The van der Waals surface area contributed by atoms with E-state index in [1.165, 1.54) is 25.3 Å². The van der Waals surface area contributed by atoms with Crippen LogP contribution in [0.4, 0.5) is 8.78 Å². The molecule has 0 aliphatic heterocycles. The molecule has 0 spiro atoms. The van der Waals surface area contributed by atoms with Crippen LogP contribution in [-0.2, 0) is 0 Å². The number of phenols is 1. The summed E-state index contributed by atoms with van der Waals surface area (Å²) in [5.74, 6) is -1.63. The maximum absolute atomic E-state index is 14.5. The molecule has 0 saturated carbocycles. The molecule has 0 unspecified atom stereocenters. The SMILES string of the molecule is COc1cccc(C=Cc2nc3ccccc3c(=O)n2-c2c(F)cccc2F)c1O. The summed E-state index contributed by atoms with van der Waals surface area (Å²) in [7, 11) is 1.42. The molecule has 3 aromatic carbocycles. The molecule has 0 saturated heterocycles. The molecule has 0 radical (unpaired) electrons. The molecule has 1 heterocycles. The van der Waals surface area contributed by atoms with Gasteiger partial charge >= 0.3 is 0 Å². The summed E-state index contributed by atoms with van der Waals surface area (Å²) in [6.45, 7) is 0. The van der Waals surface area contributed by atoms with E-state index in [4.69, 9.17) is 4.74 Å². The van der Waals surface area contributed by atoms with E-state index in [2.05, 4.69) is 4.98 Å². The highest BCUT2D eigenvalue weighted by molar-refractivity contribution is 5.80. The molecule has 150 valence electrons. The van der Waals surface area contributed by atoms with Gasteiger partial charge in [-0.15, -0.1) is 0 Å². The van der Waals surface area contributed by atoms with Crippen LogP contribution >= 0.6 is 0 Å². The van der Waals surface area contributed by atoms with E-state index in [1.807, 2.05) is 0 Å². The van der Waals surface area contributed by atoms with E-state index in [1.54, 1.807) is 42.5 Å². The lowest BCUT2D eigenvalue weighted by Crippen LogP contribution is -2.24. The summed E-state index contributed by atoms with van der Waals surface area (Å²) >= 11 is 0. The molecule has 4 aromatic rings. The number of fused-ring (bicyclic) bond motifs is 1. The monoisotopic (exact) mass is 406 g/mol. The molecule has 1 aromatic heterocycles. The van der Waals surface area contributed by atoms with Gasteiger partial charge in [-0.25, -0.2) is 13.8 Å². The Morgan fingerprint density at radius 1 is 0.967 bits per heavy atom. The Morgan fingerprint density at radius 2 is 1.67 bits per heavy atom. The van der Waals surface area contributed by atoms with Crippen molar-refractivity contribution in [1.82, 2.24) is 9.55 Å². The van der Waals surface area contributed by atoms with Crippen molar-refractivity contribution in [1.29, 1.82) is 0 Å². The van der Waals surface area contributed by atoms with Crippen molar-refractivity contribution in [3.63, 3.8) is 0 Å². The lowest BCUT2D eigenvalue weighted by atomic mass is 10.1. The zero-order chi connectivity index (χ0) is 21.3. The highest BCUT2D eigenvalue weighted by atomic mass is 19.1. The van der Waals surface area contributed by atoms with E-state index < -0.39 is 22.9 Å². The predicted octanol–water partition coefficient (Wildman–Crippen LogP) is 4.55. The average molecular weight is 406 g/mol. The Kier molecular flexibility index (Phi) is 5.02. The smallest absolute Gasteiger partial charge is 0.266 e. The molecule has 1 N–H and O–H groups in total. The van der Waals surface area contributed by atoms with Crippen molar-refractivity contribution < 1.29 is 18.6 Å². The molecule has 7 heteroatoms. The second-order valence-electron chi connectivity index (χ2n) is 6.43. The summed E-state index contributed by atoms with van der Waals surface area (Å²) < 4.78 is 35.0. The minimum absolute atomic E-state index is 0.00456. The fraction of sp³-hybridized carbons (Fsp3) is 0.0435. The number of aromatic nitrogens is 2. The Morgan fingerprint density at radius 3 is 2.40 bits per heavy atom. The van der Waals surface area contributed by atoms with Gasteiger partial charge in [-0.2, -0.15) is 0 Å². The number of ether oxygens (including phenoxy) is 1. The fourth-order valence-electron chi connectivity index (χ4n) is 3.18. The number of benzene rings is 3. The van der Waals surface area contributed by atoms with Gasteiger partial charge < -0.3 is 9.84 Å². The van der Waals surface area contributed by atoms with Crippen LogP contribution in [0.2, 0.25) is 0 Å². The standard InChI is InChI=1S/C23H16F2N2O3/c1-30-19-11-4-6-14(22(19)28)12-13-20-26-18-10-3-2-7-15(18)23(29)27(20)21-16(24)8-5-9-17(21)25/h2-13,28H,1H3. The van der Waals surface area contributed by atoms with E-state index in [-0.39, 0.29) is 22.7 Å². The lowest BCUT2D eigenvalue weighted by Gasteiger charge is -2.13. The Hall–Kier alpha value is -4.00. The van der Waals surface area contributed by atoms with Crippen LogP contribution in [0, 0.1) is 11.6 Å². The van der Waals surface area contributed by atoms with Crippen LogP contribution in [0.15, 0.2) is 65.5 Å². The first kappa shape index (κ1) is 19.3. The van der Waals surface area contributed by atoms with Crippen molar-refractivity contribution in [3.05, 3.63) is 94.0 Å². The van der Waals surface area contributed by atoms with Gasteiger partial charge in [0, 0.05) is 5.56 Å². The topological polar surface area (TPSA) is 64.3 Å². The van der Waals surface area contributed by atoms with Crippen LogP contribution < -0.4 is 10.3 Å². The summed E-state index contributed by atoms with van der Waals surface area (Å²) in [5, 5.41) is 10.5. The van der Waals surface area contributed by atoms with Crippen molar-refractivity contribution in [2.45, 2.75) is 0 Å². The summed E-state index contributed by atoms with van der Waals surface area (Å²) in [6.07, 6.45) is 2.90. The highest BCUT2D eigenvalue weighted by Gasteiger charge is 2.18. The molecular formula is C23H16F2N2O3. The number of para-hydroxylation sites is 3. The molecule has 0 fully saturated rings. The third-order valence-corrected chi connectivity index (χ3v) is 4.62. The van der Waals surface area contributed by atoms with Gasteiger partial charge in [-0.1, -0.05) is 30.3 Å². The molecule has 30 heavy (non-hydrogen) atoms. The fourth-order valence-corrected chi connectivity index (χ4v) is 3.18. The number of phenolic OH excluding ortho intramolecular Hbond substituents is 1. The van der Waals surface area contributed by atoms with Crippen LogP contribution in [0.1, 0.15) is 11.4 Å². The number of aromatic hydroxyl groups is 1. The maximum Gasteiger partial charge on any atom is 0.266 e. The van der Waals surface area contributed by atoms with Gasteiger partial charge in [0.25, 0.3) is 5.56 Å². The van der Waals surface area contributed by atoms with E-state index in [0.717, 1.165) is 16.7 Å². The number of halogens is 2. The van der Waals surface area contributed by atoms with Crippen LogP contribution in [0.25, 0.3) is 28.7 Å². The van der Waals surface area contributed by atoms with E-state index in [0.29, 0.717) is 11.1 Å². The van der Waals surface area contributed by atoms with Gasteiger partial charge in [0.15, 0.2) is 11.5 Å². The molecule has 0 bridgehead atoms. The van der Waals surface area contributed by atoms with Crippen LogP contribution in [-0.4, -0.2) is 21.8 Å². The van der Waals surface area contributed by atoms with E-state index in [9.17, 15) is 18.7 Å². The van der Waals surface area contributed by atoms with E-state index >= 15 is 0 Å². The quantitative estimate of drug-likeness (QED) is 0.540. The number of hydrogen-bond acceptors (Lipinski definition) is 4. The number of nitrogens with zero attached hydrogens (tertiary/aromatic N) is 2. The minimum atomic E-state index is -0.895. The normalized spacial score (nSPS) is 11.3. The first-order chi connectivity index (χ1) is 14.5. The Bertz CT molecular complexity index is 1330. The molecule has 0 aliphatic carbocycles. The van der Waals surface area contributed by atoms with Crippen molar-refractivity contribution in [2.24, 2.45) is 0 Å². The Balaban J connectivity index is 1.99. The maximum atomic E-state index is 14.5. The number of hydrogen-bond donors (Lipinski definition) is 1. The zero-order valence-corrected chi connectivity index (χ0v) is 15.8. The predicted molar refractivity (Wildman–Crippen MR) is 111 cm³/mol. The molecular weight excluding hydrogens is 390 g/mol. The molecule has 5 nitrogen and oxygen atoms in total. The third kappa shape index (κ3) is 3.30. The third-order valence-electron chi connectivity index (χ3n) is 4.62. The lowest BCUT2D eigenvalue weighted by molar-refractivity contribution is 0.373. The summed E-state index contributed by atoms with van der Waals surface area (Å²) in [5.41, 5.74) is -0.364. The van der Waals surface area contributed by atoms with Gasteiger partial charge in [0.2, 0.25) is 0 Å². The van der Waals surface area contributed by atoms with Crippen molar-refractivity contribution >= 4 is 23.1 Å². The minimum Gasteiger partial charge on any atom is -0.504 e. The first-order valence-electron chi connectivity index (χ1n) is 9.01. The van der Waals surface area contributed by atoms with Gasteiger partial charge in [0.1, 0.15) is 23.1 Å². The summed E-state index contributed by atoms with van der Waals surface area (Å²) in [6, 6.07) is 14.8. The number of rotatable bonds is 4. The van der Waals surface area contributed by atoms with Gasteiger partial charge in [-0.3, -0.25) is 9.36 Å². The van der Waals surface area contributed by atoms with Crippen LogP contribution in [0.5, 0.6) is 11.5 Å². The molecule has 0 amide bonds. The van der Waals surface area contributed by atoms with Crippen molar-refractivity contribution in [2.75, 3.05) is 7.11 Å².